The van der Waals surface area contributed by atoms with Gasteiger partial charge < -0.3 is 4.90 Å². The minimum Gasteiger partial charge on any atom is -0.342 e. The average molecular weight is 332 g/mol. The zero-order valence-corrected chi connectivity index (χ0v) is 13.8. The molecule has 0 aliphatic carbocycles. The third kappa shape index (κ3) is 3.47. The fourth-order valence-electron chi connectivity index (χ4n) is 3.17. The molecule has 1 aromatic carbocycles. The van der Waals surface area contributed by atoms with Gasteiger partial charge in [0, 0.05) is 44.8 Å². The number of halogens is 1. The van der Waals surface area contributed by atoms with Crippen LogP contribution in [0.15, 0.2) is 18.2 Å². The second-order valence-corrected chi connectivity index (χ2v) is 6.65. The average Bonchev–Trinajstić information content (AvgIpc) is 2.82. The number of carbonyl (C=O) groups is 3. The van der Waals surface area contributed by atoms with Crippen LogP contribution in [-0.4, -0.2) is 47.2 Å². The molecule has 0 radical (unpaired) electrons. The largest absolute Gasteiger partial charge is 0.342 e. The van der Waals surface area contributed by atoms with E-state index in [1.165, 1.54) is 11.0 Å². The first kappa shape index (κ1) is 16.6. The van der Waals surface area contributed by atoms with Gasteiger partial charge in [0.1, 0.15) is 5.82 Å². The highest BCUT2D eigenvalue weighted by Crippen LogP contribution is 2.22. The number of carbonyl (C=O) groups excluding carboxylic acids is 3. The van der Waals surface area contributed by atoms with Crippen molar-refractivity contribution < 1.29 is 18.8 Å². The van der Waals surface area contributed by atoms with Gasteiger partial charge in [0.25, 0.3) is 0 Å². The minimum atomic E-state index is -0.246. The van der Waals surface area contributed by atoms with Gasteiger partial charge in [-0.3, -0.25) is 19.3 Å². The lowest BCUT2D eigenvalue weighted by Crippen LogP contribution is -2.54. The monoisotopic (exact) mass is 332 g/mol. The standard InChI is InChI=1S/C18H21FN2O3/c1-12-2-3-13(8-15(12)19)4-5-16(22)20-9-14(10-20)11-21-17(23)6-7-18(21)24/h2-3,8,14H,4-7,9-11H2,1H3. The van der Waals surface area contributed by atoms with Gasteiger partial charge in [-0.05, 0) is 30.5 Å². The second kappa shape index (κ2) is 6.71. The van der Waals surface area contributed by atoms with Gasteiger partial charge in [-0.15, -0.1) is 0 Å². The van der Waals surface area contributed by atoms with Crippen LogP contribution in [0.25, 0.3) is 0 Å². The Morgan fingerprint density at radius 2 is 1.88 bits per heavy atom. The van der Waals surface area contributed by atoms with Crippen LogP contribution in [0.5, 0.6) is 0 Å². The molecule has 24 heavy (non-hydrogen) atoms. The first-order valence-corrected chi connectivity index (χ1v) is 8.30. The van der Waals surface area contributed by atoms with E-state index in [1.54, 1.807) is 17.9 Å². The van der Waals surface area contributed by atoms with Crippen molar-refractivity contribution in [2.75, 3.05) is 19.6 Å². The molecule has 0 atom stereocenters. The highest BCUT2D eigenvalue weighted by Gasteiger charge is 2.36. The Hall–Kier alpha value is -2.24. The number of benzene rings is 1. The van der Waals surface area contributed by atoms with Gasteiger partial charge >= 0.3 is 0 Å². The van der Waals surface area contributed by atoms with E-state index in [-0.39, 0.29) is 29.5 Å². The number of likely N-dealkylation sites (tertiary alicyclic amines) is 2. The Morgan fingerprint density at radius 1 is 1.21 bits per heavy atom. The lowest BCUT2D eigenvalue weighted by molar-refractivity contribution is -0.142. The Balaban J connectivity index is 1.42. The molecule has 0 unspecified atom stereocenters. The topological polar surface area (TPSA) is 57.7 Å². The summed E-state index contributed by atoms with van der Waals surface area (Å²) in [5.41, 5.74) is 1.42. The molecular weight excluding hydrogens is 311 g/mol. The molecule has 2 fully saturated rings. The summed E-state index contributed by atoms with van der Waals surface area (Å²) in [6.07, 6.45) is 1.47. The smallest absolute Gasteiger partial charge is 0.229 e. The summed E-state index contributed by atoms with van der Waals surface area (Å²) in [6, 6.07) is 5.04. The van der Waals surface area contributed by atoms with Crippen molar-refractivity contribution in [2.24, 2.45) is 5.92 Å². The van der Waals surface area contributed by atoms with Crippen molar-refractivity contribution >= 4 is 17.7 Å². The second-order valence-electron chi connectivity index (χ2n) is 6.65. The molecule has 2 aliphatic heterocycles. The molecule has 3 rings (SSSR count). The van der Waals surface area contributed by atoms with Crippen LogP contribution in [0.3, 0.4) is 0 Å². The van der Waals surface area contributed by atoms with E-state index >= 15 is 0 Å². The van der Waals surface area contributed by atoms with E-state index in [0.29, 0.717) is 50.9 Å². The van der Waals surface area contributed by atoms with Crippen molar-refractivity contribution in [1.29, 1.82) is 0 Å². The summed E-state index contributed by atoms with van der Waals surface area (Å²) in [4.78, 5) is 38.4. The maximum absolute atomic E-state index is 13.5. The van der Waals surface area contributed by atoms with E-state index < -0.39 is 0 Å². The van der Waals surface area contributed by atoms with E-state index in [9.17, 15) is 18.8 Å². The van der Waals surface area contributed by atoms with E-state index in [4.69, 9.17) is 0 Å². The number of nitrogens with zero attached hydrogens (tertiary/aromatic N) is 2. The number of amides is 3. The van der Waals surface area contributed by atoms with Crippen LogP contribution in [0.4, 0.5) is 4.39 Å². The van der Waals surface area contributed by atoms with Crippen LogP contribution < -0.4 is 0 Å². The molecule has 0 bridgehead atoms. The van der Waals surface area contributed by atoms with Crippen LogP contribution in [0, 0.1) is 18.7 Å². The molecule has 0 spiro atoms. The van der Waals surface area contributed by atoms with E-state index in [0.717, 1.165) is 5.56 Å². The highest BCUT2D eigenvalue weighted by molar-refractivity contribution is 6.01. The molecular formula is C18H21FN2O3. The molecule has 0 aromatic heterocycles. The lowest BCUT2D eigenvalue weighted by Gasteiger charge is -2.40. The molecule has 6 heteroatoms. The Labute approximate surface area is 140 Å². The van der Waals surface area contributed by atoms with Crippen molar-refractivity contribution in [1.82, 2.24) is 9.80 Å². The number of hydrogen-bond acceptors (Lipinski definition) is 3. The maximum Gasteiger partial charge on any atom is 0.229 e. The third-order valence-electron chi connectivity index (χ3n) is 4.77. The van der Waals surface area contributed by atoms with Crippen molar-refractivity contribution in [3.05, 3.63) is 35.1 Å². The first-order chi connectivity index (χ1) is 11.4. The van der Waals surface area contributed by atoms with Gasteiger partial charge in [0.15, 0.2) is 0 Å². The molecule has 2 heterocycles. The number of hydrogen-bond donors (Lipinski definition) is 0. The zero-order valence-electron chi connectivity index (χ0n) is 13.8. The molecule has 2 saturated heterocycles. The van der Waals surface area contributed by atoms with Crippen molar-refractivity contribution in [2.45, 2.75) is 32.6 Å². The fraction of sp³-hybridized carbons (Fsp3) is 0.500. The van der Waals surface area contributed by atoms with E-state index in [2.05, 4.69) is 0 Å². The SMILES string of the molecule is Cc1ccc(CCC(=O)N2CC(CN3C(=O)CCC3=O)C2)cc1F. The zero-order chi connectivity index (χ0) is 17.3. The van der Waals surface area contributed by atoms with Crippen LogP contribution in [0.1, 0.15) is 30.4 Å². The van der Waals surface area contributed by atoms with Crippen LogP contribution in [0.2, 0.25) is 0 Å². The Kier molecular flexibility index (Phi) is 4.64. The van der Waals surface area contributed by atoms with Crippen molar-refractivity contribution in [3.63, 3.8) is 0 Å². The number of rotatable bonds is 5. The van der Waals surface area contributed by atoms with Gasteiger partial charge in [-0.1, -0.05) is 12.1 Å². The summed E-state index contributed by atoms with van der Waals surface area (Å²) in [7, 11) is 0. The molecule has 2 aliphatic rings. The summed E-state index contributed by atoms with van der Waals surface area (Å²) in [5.74, 6) is -0.246. The predicted octanol–water partition coefficient (Wildman–Crippen LogP) is 1.67. The normalized spacial score (nSPS) is 18.2. The van der Waals surface area contributed by atoms with Gasteiger partial charge in [-0.2, -0.15) is 0 Å². The molecule has 5 nitrogen and oxygen atoms in total. The summed E-state index contributed by atoms with van der Waals surface area (Å²) in [5, 5.41) is 0. The first-order valence-electron chi connectivity index (χ1n) is 8.30. The Morgan fingerprint density at radius 3 is 2.50 bits per heavy atom. The predicted molar refractivity (Wildman–Crippen MR) is 85.5 cm³/mol. The van der Waals surface area contributed by atoms with Gasteiger partial charge in [0.2, 0.25) is 17.7 Å². The van der Waals surface area contributed by atoms with Crippen molar-refractivity contribution in [3.8, 4) is 0 Å². The summed E-state index contributed by atoms with van der Waals surface area (Å²) < 4.78 is 13.5. The van der Waals surface area contributed by atoms with E-state index in [1.807, 2.05) is 6.07 Å². The number of aryl methyl sites for hydroxylation is 2. The third-order valence-corrected chi connectivity index (χ3v) is 4.77. The molecule has 1 aromatic rings. The lowest BCUT2D eigenvalue weighted by atomic mass is 9.98. The Bertz CT molecular complexity index is 667. The summed E-state index contributed by atoms with van der Waals surface area (Å²) in [6.45, 7) is 3.29. The van der Waals surface area contributed by atoms with Crippen LogP contribution in [-0.2, 0) is 20.8 Å². The number of imide groups is 1. The molecule has 3 amide bonds. The molecule has 0 saturated carbocycles. The molecule has 0 N–H and O–H groups in total. The quantitative estimate of drug-likeness (QED) is 0.771. The summed E-state index contributed by atoms with van der Waals surface area (Å²) >= 11 is 0. The van der Waals surface area contributed by atoms with Gasteiger partial charge in [0.05, 0.1) is 0 Å². The van der Waals surface area contributed by atoms with Crippen LogP contribution >= 0.6 is 0 Å². The highest BCUT2D eigenvalue weighted by atomic mass is 19.1. The fourth-order valence-corrected chi connectivity index (χ4v) is 3.17. The van der Waals surface area contributed by atoms with Gasteiger partial charge in [-0.25, -0.2) is 4.39 Å². The maximum atomic E-state index is 13.5. The molecule has 128 valence electrons. The minimum absolute atomic E-state index is 0.0336.